The predicted molar refractivity (Wildman–Crippen MR) is 103 cm³/mol. The molecule has 0 aliphatic carbocycles. The number of rotatable bonds is 2. The zero-order chi connectivity index (χ0) is 19.7. The van der Waals surface area contributed by atoms with E-state index >= 15 is 0 Å². The van der Waals surface area contributed by atoms with Gasteiger partial charge in [0.05, 0.1) is 11.4 Å². The minimum absolute atomic E-state index is 0.153. The van der Waals surface area contributed by atoms with Crippen LogP contribution in [0.4, 0.5) is 4.39 Å². The van der Waals surface area contributed by atoms with E-state index in [0.29, 0.717) is 48.6 Å². The van der Waals surface area contributed by atoms with Gasteiger partial charge in [-0.25, -0.2) is 9.37 Å². The van der Waals surface area contributed by atoms with Crippen molar-refractivity contribution in [2.24, 2.45) is 0 Å². The number of fused-ring (bicyclic) bond motifs is 1. The second-order valence-electron chi connectivity index (χ2n) is 6.81. The van der Waals surface area contributed by atoms with Crippen molar-refractivity contribution in [1.82, 2.24) is 19.9 Å². The summed E-state index contributed by atoms with van der Waals surface area (Å²) in [7, 11) is 0. The van der Waals surface area contributed by atoms with Crippen molar-refractivity contribution in [3.8, 4) is 11.3 Å². The van der Waals surface area contributed by atoms with Gasteiger partial charge in [-0.05, 0) is 43.7 Å². The number of pyridine rings is 1. The molecule has 28 heavy (non-hydrogen) atoms. The monoisotopic (exact) mass is 378 g/mol. The minimum atomic E-state index is -0.488. The maximum Gasteiger partial charge on any atom is 0.254 e. The molecule has 6 nitrogen and oxygen atoms in total. The van der Waals surface area contributed by atoms with Gasteiger partial charge >= 0.3 is 0 Å². The molecule has 2 aromatic heterocycles. The van der Waals surface area contributed by atoms with Gasteiger partial charge in [-0.1, -0.05) is 6.07 Å². The molecule has 142 valence electrons. The van der Waals surface area contributed by atoms with Crippen LogP contribution in [0.3, 0.4) is 0 Å². The molecule has 0 spiro atoms. The van der Waals surface area contributed by atoms with Crippen LogP contribution in [-0.2, 0) is 12.8 Å². The minimum Gasteiger partial charge on any atom is -0.338 e. The average molecular weight is 378 g/mol. The molecule has 1 amide bonds. The summed E-state index contributed by atoms with van der Waals surface area (Å²) in [6.45, 7) is 2.55. The van der Waals surface area contributed by atoms with Crippen molar-refractivity contribution in [1.29, 1.82) is 0 Å². The molecule has 0 atom stereocenters. The van der Waals surface area contributed by atoms with Gasteiger partial charge in [-0.2, -0.15) is 0 Å². The topological polar surface area (TPSA) is 79.0 Å². The predicted octanol–water partition coefficient (Wildman–Crippen LogP) is 2.52. The summed E-state index contributed by atoms with van der Waals surface area (Å²) in [4.78, 5) is 38.2. The van der Waals surface area contributed by atoms with Gasteiger partial charge in [0.25, 0.3) is 11.5 Å². The quantitative estimate of drug-likeness (QED) is 0.743. The summed E-state index contributed by atoms with van der Waals surface area (Å²) in [5.41, 5.74) is 2.62. The number of aromatic nitrogens is 3. The lowest BCUT2D eigenvalue weighted by molar-refractivity contribution is 0.0762. The Bertz CT molecular complexity index is 1100. The Morgan fingerprint density at radius 3 is 2.79 bits per heavy atom. The molecule has 0 fully saturated rings. The van der Waals surface area contributed by atoms with Gasteiger partial charge < -0.3 is 9.88 Å². The molecule has 1 aromatic carbocycles. The number of halogens is 1. The Morgan fingerprint density at radius 2 is 2.00 bits per heavy atom. The first-order valence-electron chi connectivity index (χ1n) is 9.11. The number of carbonyl (C=O) groups excluding carboxylic acids is 1. The zero-order valence-electron chi connectivity index (χ0n) is 15.4. The first-order chi connectivity index (χ1) is 13.5. The van der Waals surface area contributed by atoms with E-state index in [4.69, 9.17) is 0 Å². The number of H-pyrrole nitrogens is 1. The Labute approximate surface area is 161 Å². The van der Waals surface area contributed by atoms with Crippen LogP contribution in [0.15, 0.2) is 47.4 Å². The number of aryl methyl sites for hydroxylation is 1. The molecule has 0 saturated heterocycles. The molecular formula is C21H19FN4O2. The lowest BCUT2D eigenvalue weighted by atomic mass is 10.1. The molecule has 1 aliphatic heterocycles. The van der Waals surface area contributed by atoms with Gasteiger partial charge in [0.2, 0.25) is 0 Å². The van der Waals surface area contributed by atoms with Gasteiger partial charge in [-0.15, -0.1) is 0 Å². The lowest BCUT2D eigenvalue weighted by Gasteiger charge is -2.20. The van der Waals surface area contributed by atoms with E-state index in [-0.39, 0.29) is 17.0 Å². The zero-order valence-corrected chi connectivity index (χ0v) is 15.4. The largest absolute Gasteiger partial charge is 0.338 e. The van der Waals surface area contributed by atoms with E-state index in [1.807, 2.05) is 6.07 Å². The van der Waals surface area contributed by atoms with E-state index in [0.717, 1.165) is 5.69 Å². The summed E-state index contributed by atoms with van der Waals surface area (Å²) >= 11 is 0. The number of aromatic amines is 1. The van der Waals surface area contributed by atoms with Crippen molar-refractivity contribution in [3.63, 3.8) is 0 Å². The van der Waals surface area contributed by atoms with E-state index in [9.17, 15) is 14.0 Å². The van der Waals surface area contributed by atoms with Crippen LogP contribution in [0, 0.1) is 12.7 Å². The van der Waals surface area contributed by atoms with E-state index in [1.165, 1.54) is 12.1 Å². The van der Waals surface area contributed by atoms with Crippen molar-refractivity contribution < 1.29 is 9.18 Å². The van der Waals surface area contributed by atoms with Gasteiger partial charge in [0, 0.05) is 42.4 Å². The summed E-state index contributed by atoms with van der Waals surface area (Å²) in [6.07, 6.45) is 2.54. The second-order valence-corrected chi connectivity index (χ2v) is 6.81. The molecule has 4 rings (SSSR count). The molecule has 7 heteroatoms. The van der Waals surface area contributed by atoms with Crippen LogP contribution in [-0.4, -0.2) is 38.8 Å². The number of hydrogen-bond acceptors (Lipinski definition) is 4. The third kappa shape index (κ3) is 3.55. The van der Waals surface area contributed by atoms with E-state index in [1.54, 1.807) is 36.2 Å². The number of hydrogen-bond donors (Lipinski definition) is 1. The molecular weight excluding hydrogens is 359 g/mol. The standard InChI is InChI=1S/C21H19FN4O2/c1-13-24-19-6-9-26(8-5-17(19)20(27)25-13)21(28)15-10-14(11-16(22)12-15)18-4-2-3-7-23-18/h2-4,7,10-12H,5-6,8-9H2,1H3,(H,24,25,27). The maximum absolute atomic E-state index is 14.2. The van der Waals surface area contributed by atoms with Gasteiger partial charge in [-0.3, -0.25) is 14.6 Å². The molecule has 1 N–H and O–H groups in total. The van der Waals surface area contributed by atoms with Gasteiger partial charge in [0.1, 0.15) is 11.6 Å². The summed E-state index contributed by atoms with van der Waals surface area (Å²) in [6, 6.07) is 9.62. The Balaban J connectivity index is 1.61. The number of benzene rings is 1. The number of nitrogens with zero attached hydrogens (tertiary/aromatic N) is 3. The fraction of sp³-hybridized carbons (Fsp3) is 0.238. The highest BCUT2D eigenvalue weighted by Gasteiger charge is 2.23. The highest BCUT2D eigenvalue weighted by molar-refractivity contribution is 5.95. The Hall–Kier alpha value is -3.35. The van der Waals surface area contributed by atoms with Crippen LogP contribution in [0.25, 0.3) is 11.3 Å². The fourth-order valence-electron chi connectivity index (χ4n) is 3.51. The molecule has 0 unspecified atom stereocenters. The number of amides is 1. The fourth-order valence-corrected chi connectivity index (χ4v) is 3.51. The highest BCUT2D eigenvalue weighted by atomic mass is 19.1. The van der Waals surface area contributed by atoms with Crippen molar-refractivity contribution in [3.05, 3.63) is 81.4 Å². The van der Waals surface area contributed by atoms with Crippen LogP contribution in [0.1, 0.15) is 27.4 Å². The molecule has 3 heterocycles. The van der Waals surface area contributed by atoms with Crippen LogP contribution in [0.2, 0.25) is 0 Å². The second kappa shape index (κ2) is 7.34. The molecule has 3 aromatic rings. The molecule has 1 aliphatic rings. The highest BCUT2D eigenvalue weighted by Crippen LogP contribution is 2.22. The van der Waals surface area contributed by atoms with E-state index < -0.39 is 5.82 Å². The molecule has 0 bridgehead atoms. The van der Waals surface area contributed by atoms with Crippen LogP contribution >= 0.6 is 0 Å². The molecule has 0 radical (unpaired) electrons. The van der Waals surface area contributed by atoms with Crippen molar-refractivity contribution in [2.45, 2.75) is 19.8 Å². The molecule has 0 saturated carbocycles. The first-order valence-corrected chi connectivity index (χ1v) is 9.11. The first kappa shape index (κ1) is 18.0. The summed E-state index contributed by atoms with van der Waals surface area (Å²) in [5, 5.41) is 0. The average Bonchev–Trinajstić information content (AvgIpc) is 2.90. The SMILES string of the molecule is Cc1nc2c(c(=O)[nH]1)CCN(C(=O)c1cc(F)cc(-c3ccccn3)c1)CC2. The third-order valence-electron chi connectivity index (χ3n) is 4.86. The maximum atomic E-state index is 14.2. The van der Waals surface area contributed by atoms with Crippen molar-refractivity contribution in [2.75, 3.05) is 13.1 Å². The van der Waals surface area contributed by atoms with Crippen LogP contribution < -0.4 is 5.56 Å². The van der Waals surface area contributed by atoms with Gasteiger partial charge in [0.15, 0.2) is 0 Å². The normalized spacial score (nSPS) is 13.7. The van der Waals surface area contributed by atoms with E-state index in [2.05, 4.69) is 15.0 Å². The van der Waals surface area contributed by atoms with Crippen molar-refractivity contribution >= 4 is 5.91 Å². The van der Waals surface area contributed by atoms with Crippen LogP contribution in [0.5, 0.6) is 0 Å². The summed E-state index contributed by atoms with van der Waals surface area (Å²) < 4.78 is 14.2. The third-order valence-corrected chi connectivity index (χ3v) is 4.86. The Kier molecular flexibility index (Phi) is 4.73. The smallest absolute Gasteiger partial charge is 0.254 e. The number of nitrogens with one attached hydrogen (secondary N) is 1. The lowest BCUT2D eigenvalue weighted by Crippen LogP contribution is -2.33. The summed E-state index contributed by atoms with van der Waals surface area (Å²) in [5.74, 6) is -0.190. The number of carbonyl (C=O) groups is 1. The Morgan fingerprint density at radius 1 is 1.18 bits per heavy atom.